The second-order valence-corrected chi connectivity index (χ2v) is 9.20. The van der Waals surface area contributed by atoms with Crippen LogP contribution in [0.15, 0.2) is 5.10 Å². The number of hydrazone groups is 1. The van der Waals surface area contributed by atoms with Crippen molar-refractivity contribution in [3.05, 3.63) is 36.5 Å². The second-order valence-electron chi connectivity index (χ2n) is 5.03. The largest absolute Gasteiger partial charge is 0.347 e. The van der Waals surface area contributed by atoms with Crippen molar-refractivity contribution >= 4 is 111 Å². The molecular formula is C13H8Cl8N6. The Labute approximate surface area is 194 Å². The Morgan fingerprint density at radius 2 is 1.37 bits per heavy atom. The van der Waals surface area contributed by atoms with E-state index in [1.807, 2.05) is 0 Å². The standard InChI is InChI=1S/C13H8Cl8N6/c1-27(2)12-24-10(13(19,20)21)23-11(25-12)26-22-3-4-5(14)7(16)9(18)8(17)6(4)15/h3H,1-2H3,(H,23,24,25,26)/b22-3-. The van der Waals surface area contributed by atoms with Crippen molar-refractivity contribution in [2.75, 3.05) is 24.4 Å². The first-order chi connectivity index (χ1) is 12.4. The third-order valence-corrected chi connectivity index (χ3v) is 5.69. The maximum Gasteiger partial charge on any atom is 0.250 e. The topological polar surface area (TPSA) is 66.3 Å². The van der Waals surface area contributed by atoms with Gasteiger partial charge in [-0.25, -0.2) is 5.43 Å². The van der Waals surface area contributed by atoms with Gasteiger partial charge in [0.2, 0.25) is 15.7 Å². The van der Waals surface area contributed by atoms with E-state index in [1.165, 1.54) is 6.21 Å². The van der Waals surface area contributed by atoms with E-state index in [9.17, 15) is 0 Å². The highest BCUT2D eigenvalue weighted by Crippen LogP contribution is 2.43. The van der Waals surface area contributed by atoms with Gasteiger partial charge in [-0.3, -0.25) is 0 Å². The lowest BCUT2D eigenvalue weighted by molar-refractivity contribution is 0.881. The molecule has 6 nitrogen and oxygen atoms in total. The first-order valence-electron chi connectivity index (χ1n) is 6.74. The van der Waals surface area contributed by atoms with Crippen molar-refractivity contribution < 1.29 is 0 Å². The first-order valence-corrected chi connectivity index (χ1v) is 9.77. The zero-order valence-corrected chi connectivity index (χ0v) is 19.4. The van der Waals surface area contributed by atoms with Crippen molar-refractivity contribution in [1.82, 2.24) is 15.0 Å². The minimum Gasteiger partial charge on any atom is -0.347 e. The minimum atomic E-state index is -1.85. The van der Waals surface area contributed by atoms with Gasteiger partial charge in [0.15, 0.2) is 5.82 Å². The monoisotopic (exact) mass is 528 g/mol. The van der Waals surface area contributed by atoms with E-state index < -0.39 is 3.79 Å². The number of nitrogens with zero attached hydrogens (tertiary/aromatic N) is 5. The van der Waals surface area contributed by atoms with Crippen LogP contribution < -0.4 is 10.3 Å². The summed E-state index contributed by atoms with van der Waals surface area (Å²) in [6.07, 6.45) is 1.27. The molecule has 0 radical (unpaired) electrons. The van der Waals surface area contributed by atoms with E-state index in [4.69, 9.17) is 92.8 Å². The molecule has 1 aromatic carbocycles. The van der Waals surface area contributed by atoms with Crippen LogP contribution in [0.4, 0.5) is 11.9 Å². The summed E-state index contributed by atoms with van der Waals surface area (Å²) in [6, 6.07) is 0. The Balaban J connectivity index is 2.38. The van der Waals surface area contributed by atoms with Gasteiger partial charge in [0, 0.05) is 19.7 Å². The Morgan fingerprint density at radius 3 is 1.85 bits per heavy atom. The van der Waals surface area contributed by atoms with Crippen molar-refractivity contribution in [2.45, 2.75) is 3.79 Å². The molecule has 0 amide bonds. The maximum atomic E-state index is 6.13. The highest BCUT2D eigenvalue weighted by molar-refractivity contribution is 6.66. The van der Waals surface area contributed by atoms with Crippen LogP contribution >= 0.6 is 92.8 Å². The quantitative estimate of drug-likeness (QED) is 0.161. The highest BCUT2D eigenvalue weighted by atomic mass is 35.6. The molecule has 0 aliphatic heterocycles. The van der Waals surface area contributed by atoms with Crippen LogP contribution in [-0.4, -0.2) is 35.3 Å². The Kier molecular flexibility index (Phi) is 7.78. The van der Waals surface area contributed by atoms with E-state index in [2.05, 4.69) is 25.5 Å². The minimum absolute atomic E-state index is 0.0182. The Bertz CT molecular complexity index is 866. The number of hydrogen-bond donors (Lipinski definition) is 1. The van der Waals surface area contributed by atoms with Crippen LogP contribution in [0, 0.1) is 0 Å². The zero-order chi connectivity index (χ0) is 20.5. The number of rotatable bonds is 4. The molecule has 0 saturated heterocycles. The molecule has 14 heteroatoms. The Hall–Kier alpha value is -0.180. The van der Waals surface area contributed by atoms with Crippen LogP contribution in [0.3, 0.4) is 0 Å². The number of benzene rings is 1. The van der Waals surface area contributed by atoms with Crippen molar-refractivity contribution in [3.63, 3.8) is 0 Å². The summed E-state index contributed by atoms with van der Waals surface area (Å²) < 4.78 is -1.85. The molecule has 1 aromatic heterocycles. The molecule has 0 fully saturated rings. The fourth-order valence-electron chi connectivity index (χ4n) is 1.63. The molecule has 0 aliphatic carbocycles. The molecule has 0 unspecified atom stereocenters. The van der Waals surface area contributed by atoms with Crippen LogP contribution in [0.2, 0.25) is 25.1 Å². The third kappa shape index (κ3) is 5.46. The van der Waals surface area contributed by atoms with Crippen LogP contribution in [0.25, 0.3) is 0 Å². The molecular weight excluding hydrogens is 524 g/mol. The normalized spacial score (nSPS) is 11.9. The average Bonchev–Trinajstić information content (AvgIpc) is 2.60. The van der Waals surface area contributed by atoms with Gasteiger partial charge in [-0.15, -0.1) is 0 Å². The van der Waals surface area contributed by atoms with Crippen LogP contribution in [0.5, 0.6) is 0 Å². The fraction of sp³-hybridized carbons (Fsp3) is 0.231. The van der Waals surface area contributed by atoms with E-state index in [0.29, 0.717) is 0 Å². The number of anilines is 2. The van der Waals surface area contributed by atoms with E-state index >= 15 is 0 Å². The lowest BCUT2D eigenvalue weighted by atomic mass is 10.2. The number of halogens is 8. The van der Waals surface area contributed by atoms with Crippen LogP contribution in [0.1, 0.15) is 11.4 Å². The predicted octanol–water partition coefficient (Wildman–Crippen LogP) is 6.48. The van der Waals surface area contributed by atoms with E-state index in [-0.39, 0.29) is 48.4 Å². The van der Waals surface area contributed by atoms with Crippen molar-refractivity contribution in [2.24, 2.45) is 5.10 Å². The number of nitrogens with one attached hydrogen (secondary N) is 1. The number of aromatic nitrogens is 3. The van der Waals surface area contributed by atoms with Gasteiger partial charge in [-0.05, 0) is 0 Å². The Morgan fingerprint density at radius 1 is 0.852 bits per heavy atom. The van der Waals surface area contributed by atoms with Gasteiger partial charge in [-0.2, -0.15) is 20.1 Å². The lowest BCUT2D eigenvalue weighted by Gasteiger charge is -2.15. The average molecular weight is 532 g/mol. The molecule has 146 valence electrons. The molecule has 0 aliphatic rings. The van der Waals surface area contributed by atoms with Gasteiger partial charge in [0.25, 0.3) is 0 Å². The molecule has 1 N–H and O–H groups in total. The van der Waals surface area contributed by atoms with E-state index in [0.717, 1.165) is 0 Å². The first kappa shape index (κ1) is 23.1. The smallest absolute Gasteiger partial charge is 0.250 e. The van der Waals surface area contributed by atoms with Crippen molar-refractivity contribution in [1.29, 1.82) is 0 Å². The molecule has 0 atom stereocenters. The number of alkyl halides is 3. The van der Waals surface area contributed by atoms with Gasteiger partial charge < -0.3 is 4.90 Å². The SMILES string of the molecule is CN(C)c1nc(N/N=C\c2c(Cl)c(Cl)c(Cl)c(Cl)c2Cl)nc(C(Cl)(Cl)Cl)n1. The molecule has 0 bridgehead atoms. The van der Waals surface area contributed by atoms with Gasteiger partial charge >= 0.3 is 0 Å². The molecule has 0 spiro atoms. The number of hydrogen-bond acceptors (Lipinski definition) is 6. The maximum absolute atomic E-state index is 6.13. The van der Waals surface area contributed by atoms with E-state index in [1.54, 1.807) is 19.0 Å². The predicted molar refractivity (Wildman–Crippen MR) is 116 cm³/mol. The molecule has 27 heavy (non-hydrogen) atoms. The fourth-order valence-corrected chi connectivity index (χ4v) is 3.14. The summed E-state index contributed by atoms with van der Waals surface area (Å²) >= 11 is 47.8. The van der Waals surface area contributed by atoms with Crippen molar-refractivity contribution in [3.8, 4) is 0 Å². The molecule has 1 heterocycles. The summed E-state index contributed by atoms with van der Waals surface area (Å²) in [7, 11) is 3.42. The summed E-state index contributed by atoms with van der Waals surface area (Å²) in [4.78, 5) is 13.8. The summed E-state index contributed by atoms with van der Waals surface area (Å²) in [5, 5.41) is 4.25. The van der Waals surface area contributed by atoms with Gasteiger partial charge in [0.05, 0.1) is 31.3 Å². The summed E-state index contributed by atoms with van der Waals surface area (Å²) in [5.41, 5.74) is 2.82. The molecule has 2 rings (SSSR count). The summed E-state index contributed by atoms with van der Waals surface area (Å²) in [5.74, 6) is 0.180. The molecule has 2 aromatic rings. The van der Waals surface area contributed by atoms with Crippen LogP contribution in [-0.2, 0) is 3.79 Å². The zero-order valence-electron chi connectivity index (χ0n) is 13.3. The van der Waals surface area contributed by atoms with Gasteiger partial charge in [0.1, 0.15) is 0 Å². The third-order valence-electron chi connectivity index (χ3n) is 2.88. The highest BCUT2D eigenvalue weighted by Gasteiger charge is 2.28. The van der Waals surface area contributed by atoms with Gasteiger partial charge in [-0.1, -0.05) is 92.8 Å². The second kappa shape index (κ2) is 9.09. The molecule has 0 saturated carbocycles. The lowest BCUT2D eigenvalue weighted by Crippen LogP contribution is -2.18. The summed E-state index contributed by atoms with van der Waals surface area (Å²) in [6.45, 7) is 0.